The molecular weight excluding hydrogens is 462 g/mol. The van der Waals surface area contributed by atoms with Gasteiger partial charge in [0.15, 0.2) is 5.82 Å². The van der Waals surface area contributed by atoms with E-state index < -0.39 is 0 Å². The zero-order valence-electron chi connectivity index (χ0n) is 21.2. The van der Waals surface area contributed by atoms with E-state index in [9.17, 15) is 0 Å². The highest BCUT2D eigenvalue weighted by Gasteiger charge is 2.15. The highest BCUT2D eigenvalue weighted by molar-refractivity contribution is 5.94. The summed E-state index contributed by atoms with van der Waals surface area (Å²) in [5, 5.41) is 12.2. The SMILES string of the molecule is CN1CCN(CCCNc2ccc3nc(-c4n[nH]c5ccc(OCc6ccccc6)cc45)[nH]c3c2)CC1. The number of aromatic amines is 2. The number of likely N-dealkylation sites (N-methyl/N-ethyl adjacent to an activating group) is 1. The smallest absolute Gasteiger partial charge is 0.159 e. The molecule has 37 heavy (non-hydrogen) atoms. The van der Waals surface area contributed by atoms with E-state index in [0.717, 1.165) is 70.0 Å². The molecule has 1 saturated heterocycles. The lowest BCUT2D eigenvalue weighted by Gasteiger charge is -2.32. The van der Waals surface area contributed by atoms with Crippen LogP contribution in [0.3, 0.4) is 0 Å². The van der Waals surface area contributed by atoms with Crippen LogP contribution >= 0.6 is 0 Å². The number of nitrogens with zero attached hydrogens (tertiary/aromatic N) is 4. The summed E-state index contributed by atoms with van der Waals surface area (Å²) in [4.78, 5) is 13.2. The molecule has 0 atom stereocenters. The first kappa shape index (κ1) is 23.5. The second-order valence-corrected chi connectivity index (χ2v) is 9.80. The molecule has 190 valence electrons. The molecule has 5 aromatic rings. The number of aromatic nitrogens is 4. The molecule has 8 heteroatoms. The fourth-order valence-corrected chi connectivity index (χ4v) is 4.84. The number of hydrogen-bond acceptors (Lipinski definition) is 6. The monoisotopic (exact) mass is 495 g/mol. The van der Waals surface area contributed by atoms with Gasteiger partial charge in [0.1, 0.15) is 18.1 Å². The normalized spacial score (nSPS) is 14.9. The predicted octanol–water partition coefficient (Wildman–Crippen LogP) is 4.73. The lowest BCUT2D eigenvalue weighted by atomic mass is 10.2. The zero-order chi connectivity index (χ0) is 25.0. The first-order chi connectivity index (χ1) is 18.2. The molecule has 0 unspecified atom stereocenters. The van der Waals surface area contributed by atoms with Gasteiger partial charge in [-0.1, -0.05) is 30.3 Å². The summed E-state index contributed by atoms with van der Waals surface area (Å²) in [7, 11) is 2.20. The van der Waals surface area contributed by atoms with Crippen LogP contribution in [0, 0.1) is 0 Å². The molecule has 0 spiro atoms. The minimum Gasteiger partial charge on any atom is -0.489 e. The van der Waals surface area contributed by atoms with Crippen LogP contribution in [0.25, 0.3) is 33.5 Å². The number of fused-ring (bicyclic) bond motifs is 2. The van der Waals surface area contributed by atoms with E-state index >= 15 is 0 Å². The van der Waals surface area contributed by atoms with Gasteiger partial charge in [0.2, 0.25) is 0 Å². The topological polar surface area (TPSA) is 85.1 Å². The number of imidazole rings is 1. The van der Waals surface area contributed by atoms with Gasteiger partial charge in [0.05, 0.1) is 16.6 Å². The average Bonchev–Trinajstić information content (AvgIpc) is 3.55. The number of hydrogen-bond donors (Lipinski definition) is 3. The van der Waals surface area contributed by atoms with Crippen molar-refractivity contribution in [1.82, 2.24) is 30.0 Å². The van der Waals surface area contributed by atoms with Gasteiger partial charge in [-0.2, -0.15) is 5.10 Å². The molecule has 0 saturated carbocycles. The van der Waals surface area contributed by atoms with Crippen molar-refractivity contribution in [3.8, 4) is 17.3 Å². The van der Waals surface area contributed by atoms with Crippen molar-refractivity contribution in [3.63, 3.8) is 0 Å². The quantitative estimate of drug-likeness (QED) is 0.256. The van der Waals surface area contributed by atoms with Gasteiger partial charge in [-0.05, 0) is 62.0 Å². The molecule has 0 radical (unpaired) electrons. The largest absolute Gasteiger partial charge is 0.489 e. The fourth-order valence-electron chi connectivity index (χ4n) is 4.84. The van der Waals surface area contributed by atoms with Crippen LogP contribution in [0.2, 0.25) is 0 Å². The third-order valence-electron chi connectivity index (χ3n) is 7.06. The van der Waals surface area contributed by atoms with Crippen molar-refractivity contribution < 1.29 is 4.74 Å². The lowest BCUT2D eigenvalue weighted by Crippen LogP contribution is -2.44. The summed E-state index contributed by atoms with van der Waals surface area (Å²) in [6.45, 7) is 7.29. The second kappa shape index (κ2) is 10.6. The molecular formula is C29H33N7O. The van der Waals surface area contributed by atoms with E-state index in [1.807, 2.05) is 36.4 Å². The summed E-state index contributed by atoms with van der Waals surface area (Å²) < 4.78 is 6.04. The van der Waals surface area contributed by atoms with Gasteiger partial charge >= 0.3 is 0 Å². The Balaban J connectivity index is 1.12. The second-order valence-electron chi connectivity index (χ2n) is 9.80. The van der Waals surface area contributed by atoms with Crippen LogP contribution in [-0.4, -0.2) is 76.3 Å². The Morgan fingerprint density at radius 1 is 0.946 bits per heavy atom. The van der Waals surface area contributed by atoms with Crippen molar-refractivity contribution in [2.75, 3.05) is 51.6 Å². The van der Waals surface area contributed by atoms with Crippen molar-refractivity contribution >= 4 is 27.6 Å². The molecule has 0 bridgehead atoms. The number of ether oxygens (including phenoxy) is 1. The third-order valence-corrected chi connectivity index (χ3v) is 7.06. The Kier molecular flexibility index (Phi) is 6.75. The molecule has 0 aliphatic carbocycles. The van der Waals surface area contributed by atoms with Crippen molar-refractivity contribution in [2.45, 2.75) is 13.0 Å². The third kappa shape index (κ3) is 5.45. The molecule has 0 amide bonds. The number of H-pyrrole nitrogens is 2. The maximum absolute atomic E-state index is 6.04. The van der Waals surface area contributed by atoms with Crippen LogP contribution in [0.15, 0.2) is 66.7 Å². The van der Waals surface area contributed by atoms with Crippen LogP contribution in [0.4, 0.5) is 5.69 Å². The molecule has 3 N–H and O–H groups in total. The Morgan fingerprint density at radius 3 is 2.68 bits per heavy atom. The van der Waals surface area contributed by atoms with Crippen LogP contribution in [0.1, 0.15) is 12.0 Å². The highest BCUT2D eigenvalue weighted by atomic mass is 16.5. The number of nitrogens with one attached hydrogen (secondary N) is 3. The number of piperazine rings is 1. The molecule has 3 aromatic carbocycles. The van der Waals surface area contributed by atoms with E-state index in [4.69, 9.17) is 9.72 Å². The summed E-state index contributed by atoms with van der Waals surface area (Å²) in [6, 6.07) is 22.5. The molecule has 1 aliphatic heterocycles. The molecule has 8 nitrogen and oxygen atoms in total. The van der Waals surface area contributed by atoms with Crippen LogP contribution in [0.5, 0.6) is 5.75 Å². The number of anilines is 1. The van der Waals surface area contributed by atoms with Gasteiger partial charge in [-0.3, -0.25) is 5.10 Å². The first-order valence-corrected chi connectivity index (χ1v) is 13.0. The van der Waals surface area contributed by atoms with Crippen LogP contribution in [-0.2, 0) is 6.61 Å². The Bertz CT molecular complexity index is 1470. The fraction of sp³-hybridized carbons (Fsp3) is 0.310. The van der Waals surface area contributed by atoms with Crippen LogP contribution < -0.4 is 10.1 Å². The summed E-state index contributed by atoms with van der Waals surface area (Å²) >= 11 is 0. The predicted molar refractivity (Wildman–Crippen MR) is 149 cm³/mol. The maximum atomic E-state index is 6.04. The molecule has 1 fully saturated rings. The van der Waals surface area contributed by atoms with Gasteiger partial charge in [-0.25, -0.2) is 4.98 Å². The molecule has 2 aromatic heterocycles. The van der Waals surface area contributed by atoms with Gasteiger partial charge < -0.3 is 24.8 Å². The molecule has 3 heterocycles. The molecule has 6 rings (SSSR count). The van der Waals surface area contributed by atoms with Gasteiger partial charge in [0, 0.05) is 43.8 Å². The zero-order valence-corrected chi connectivity index (χ0v) is 21.2. The van der Waals surface area contributed by atoms with E-state index in [1.54, 1.807) is 0 Å². The lowest BCUT2D eigenvalue weighted by molar-refractivity contribution is 0.154. The average molecular weight is 496 g/mol. The molecule has 1 aliphatic rings. The Hall–Kier alpha value is -3.88. The number of benzene rings is 3. The summed E-state index contributed by atoms with van der Waals surface area (Å²) in [5.41, 5.74) is 5.89. The van der Waals surface area contributed by atoms with E-state index in [1.165, 1.54) is 26.2 Å². The Morgan fingerprint density at radius 2 is 1.81 bits per heavy atom. The van der Waals surface area contributed by atoms with E-state index in [0.29, 0.717) is 6.61 Å². The van der Waals surface area contributed by atoms with E-state index in [-0.39, 0.29) is 0 Å². The summed E-state index contributed by atoms with van der Waals surface area (Å²) in [6.07, 6.45) is 1.13. The number of rotatable bonds is 9. The minimum absolute atomic E-state index is 0.523. The van der Waals surface area contributed by atoms with Gasteiger partial charge in [-0.15, -0.1) is 0 Å². The highest BCUT2D eigenvalue weighted by Crippen LogP contribution is 2.30. The first-order valence-electron chi connectivity index (χ1n) is 13.0. The van der Waals surface area contributed by atoms with Crippen molar-refractivity contribution in [1.29, 1.82) is 0 Å². The van der Waals surface area contributed by atoms with Crippen molar-refractivity contribution in [3.05, 3.63) is 72.3 Å². The van der Waals surface area contributed by atoms with Crippen molar-refractivity contribution in [2.24, 2.45) is 0 Å². The minimum atomic E-state index is 0.523. The van der Waals surface area contributed by atoms with E-state index in [2.05, 4.69) is 67.7 Å². The Labute approximate surface area is 216 Å². The van der Waals surface area contributed by atoms with Gasteiger partial charge in [0.25, 0.3) is 0 Å². The summed E-state index contributed by atoms with van der Waals surface area (Å²) in [5.74, 6) is 1.55. The standard InChI is InChI=1S/C29H33N7O/c1-35-14-16-36(17-15-35)13-5-12-30-22-8-10-26-27(18-22)32-29(31-26)28-24-19-23(9-11-25(24)33-34-28)37-20-21-6-3-2-4-7-21/h2-4,6-11,18-19,30H,5,12-17,20H2,1H3,(H,31,32)(H,33,34). The maximum Gasteiger partial charge on any atom is 0.159 e.